The van der Waals surface area contributed by atoms with Crippen LogP contribution in [-0.4, -0.2) is 24.3 Å². The third-order valence-electron chi connectivity index (χ3n) is 3.13. The molecule has 0 bridgehead atoms. The van der Waals surface area contributed by atoms with E-state index in [9.17, 15) is 10.1 Å². The minimum absolute atomic E-state index is 0.354. The first-order chi connectivity index (χ1) is 12.9. The van der Waals surface area contributed by atoms with Crippen molar-refractivity contribution in [3.8, 4) is 11.5 Å². The Morgan fingerprint density at radius 3 is 2.74 bits per heavy atom. The molecule has 0 heterocycles. The monoisotopic (exact) mass is 503 g/mol. The van der Waals surface area contributed by atoms with Gasteiger partial charge in [-0.1, -0.05) is 23.7 Å². The Kier molecular flexibility index (Phi) is 7.61. The van der Waals surface area contributed by atoms with Crippen LogP contribution in [-0.2, 0) is 6.61 Å². The number of hydrogen-bond acceptors (Lipinski definition) is 5. The molecule has 0 aliphatic heterocycles. The van der Waals surface area contributed by atoms with Gasteiger partial charge in [-0.2, -0.15) is 5.10 Å². The number of halogens is 2. The minimum Gasteiger partial charge on any atom is -0.493 e. The summed E-state index contributed by atoms with van der Waals surface area (Å²) in [6.45, 7) is 0.354. The lowest BCUT2D eigenvalue weighted by Crippen LogP contribution is -2.28. The number of guanidine groups is 1. The van der Waals surface area contributed by atoms with E-state index in [0.717, 1.165) is 9.13 Å². The van der Waals surface area contributed by atoms with Crippen LogP contribution in [0.4, 0.5) is 0 Å². The van der Waals surface area contributed by atoms with Gasteiger partial charge in [-0.25, -0.2) is 15.5 Å². The summed E-state index contributed by atoms with van der Waals surface area (Å²) in [5.41, 5.74) is 9.18. The maximum atomic E-state index is 10.2. The van der Waals surface area contributed by atoms with E-state index in [1.54, 1.807) is 18.2 Å². The molecule has 0 aliphatic carbocycles. The van der Waals surface area contributed by atoms with Crippen LogP contribution in [0.2, 0.25) is 5.02 Å². The van der Waals surface area contributed by atoms with Crippen molar-refractivity contribution >= 4 is 46.4 Å². The zero-order valence-electron chi connectivity index (χ0n) is 14.1. The standard InChI is InChI=1S/C16H15ClIN5O4/c1-26-14-7-11(8-20-21-16(19)22-23(24)25)6-13(18)15(14)27-9-10-2-4-12(17)5-3-10/h2-8H,9H2,1H3,(H3,19,21,22)/b20-8+. The molecule has 0 saturated carbocycles. The van der Waals surface area contributed by atoms with Crippen LogP contribution in [0.3, 0.4) is 0 Å². The molecule has 0 spiro atoms. The highest BCUT2D eigenvalue weighted by molar-refractivity contribution is 14.1. The lowest BCUT2D eigenvalue weighted by atomic mass is 10.2. The molecule has 0 fully saturated rings. The normalized spacial score (nSPS) is 11.4. The molecule has 2 rings (SSSR count). The van der Waals surface area contributed by atoms with Gasteiger partial charge in [0, 0.05) is 5.02 Å². The number of hydrogen-bond donors (Lipinski definition) is 2. The van der Waals surface area contributed by atoms with Crippen molar-refractivity contribution in [1.29, 1.82) is 0 Å². The van der Waals surface area contributed by atoms with Gasteiger partial charge < -0.3 is 15.2 Å². The number of nitrogens with two attached hydrogens (primary N) is 1. The van der Waals surface area contributed by atoms with Gasteiger partial charge in [0.05, 0.1) is 16.9 Å². The van der Waals surface area contributed by atoms with Gasteiger partial charge in [0.25, 0.3) is 5.96 Å². The highest BCUT2D eigenvalue weighted by atomic mass is 127. The molecule has 3 N–H and O–H groups in total. The Morgan fingerprint density at radius 1 is 1.41 bits per heavy atom. The van der Waals surface area contributed by atoms with Gasteiger partial charge in [-0.05, 0) is 58.0 Å². The Morgan fingerprint density at radius 2 is 2.11 bits per heavy atom. The first-order valence-electron chi connectivity index (χ1n) is 7.41. The zero-order chi connectivity index (χ0) is 19.8. The van der Waals surface area contributed by atoms with E-state index < -0.39 is 11.0 Å². The molecule has 0 saturated heterocycles. The second-order valence-corrected chi connectivity index (χ2v) is 6.64. The van der Waals surface area contributed by atoms with Crippen molar-refractivity contribution < 1.29 is 14.5 Å². The molecule has 27 heavy (non-hydrogen) atoms. The predicted octanol–water partition coefficient (Wildman–Crippen LogP) is 2.96. The Balaban J connectivity index is 2.11. The average molecular weight is 504 g/mol. The highest BCUT2D eigenvalue weighted by Gasteiger charge is 2.11. The fourth-order valence-electron chi connectivity index (χ4n) is 1.97. The van der Waals surface area contributed by atoms with Crippen LogP contribution in [0.25, 0.3) is 0 Å². The average Bonchev–Trinajstić information content (AvgIpc) is 2.61. The van der Waals surface area contributed by atoms with Crippen molar-refractivity contribution in [3.05, 3.63) is 66.2 Å². The van der Waals surface area contributed by atoms with Gasteiger partial charge in [0.15, 0.2) is 16.5 Å². The molecule has 11 heteroatoms. The maximum Gasteiger partial charge on any atom is 0.286 e. The summed E-state index contributed by atoms with van der Waals surface area (Å²) in [6, 6.07) is 10.9. The van der Waals surface area contributed by atoms with E-state index in [4.69, 9.17) is 26.8 Å². The minimum atomic E-state index is -0.920. The Labute approximate surface area is 173 Å². The van der Waals surface area contributed by atoms with Crippen molar-refractivity contribution in [2.75, 3.05) is 7.11 Å². The summed E-state index contributed by atoms with van der Waals surface area (Å²) in [5, 5.41) is 16.6. The molecular weight excluding hydrogens is 489 g/mol. The van der Waals surface area contributed by atoms with Crippen molar-refractivity contribution in [3.63, 3.8) is 0 Å². The predicted molar refractivity (Wildman–Crippen MR) is 111 cm³/mol. The quantitative estimate of drug-likeness (QED) is 0.197. The summed E-state index contributed by atoms with van der Waals surface area (Å²) >= 11 is 8.00. The van der Waals surface area contributed by atoms with Crippen molar-refractivity contribution in [2.45, 2.75) is 6.61 Å². The van der Waals surface area contributed by atoms with Gasteiger partial charge in [0.1, 0.15) is 11.7 Å². The second kappa shape index (κ2) is 9.92. The molecule has 0 amide bonds. The smallest absolute Gasteiger partial charge is 0.286 e. The van der Waals surface area contributed by atoms with E-state index in [1.807, 2.05) is 18.2 Å². The fraction of sp³-hybridized carbons (Fsp3) is 0.125. The lowest BCUT2D eigenvalue weighted by Gasteiger charge is -2.13. The first kappa shape index (κ1) is 20.7. The Hall–Kier alpha value is -2.60. The van der Waals surface area contributed by atoms with Crippen LogP contribution < -0.4 is 20.6 Å². The van der Waals surface area contributed by atoms with Crippen LogP contribution in [0, 0.1) is 13.7 Å². The van der Waals surface area contributed by atoms with Gasteiger partial charge in [-0.15, -0.1) is 0 Å². The topological polar surface area (TPSA) is 124 Å². The number of nitrogens with one attached hydrogen (secondary N) is 1. The molecule has 0 aromatic heterocycles. The summed E-state index contributed by atoms with van der Waals surface area (Å²) in [4.78, 5) is 10.2. The molecule has 0 radical (unpaired) electrons. The molecule has 0 atom stereocenters. The molecule has 9 nitrogen and oxygen atoms in total. The van der Waals surface area contributed by atoms with Gasteiger partial charge in [-0.3, -0.25) is 0 Å². The van der Waals surface area contributed by atoms with Crippen molar-refractivity contribution in [2.24, 2.45) is 15.9 Å². The van der Waals surface area contributed by atoms with Crippen LogP contribution >= 0.6 is 34.2 Å². The molecule has 142 valence electrons. The van der Waals surface area contributed by atoms with E-state index in [1.165, 1.54) is 13.3 Å². The van der Waals surface area contributed by atoms with Crippen LogP contribution in [0.15, 0.2) is 46.6 Å². The SMILES string of the molecule is COc1cc(/C=N/N/C(N)=N\[N+](=O)[O-])cc(I)c1OCc1ccc(Cl)cc1. The van der Waals surface area contributed by atoms with Gasteiger partial charge >= 0.3 is 0 Å². The summed E-state index contributed by atoms with van der Waals surface area (Å²) in [5.74, 6) is 0.678. The number of rotatable bonds is 7. The number of hydrazone groups is 2. The molecule has 0 aliphatic rings. The molecule has 2 aromatic rings. The van der Waals surface area contributed by atoms with E-state index in [-0.39, 0.29) is 0 Å². The first-order valence-corrected chi connectivity index (χ1v) is 8.87. The highest BCUT2D eigenvalue weighted by Crippen LogP contribution is 2.34. The number of ether oxygens (including phenoxy) is 2. The van der Waals surface area contributed by atoms with Gasteiger partial charge in [0.2, 0.25) is 0 Å². The summed E-state index contributed by atoms with van der Waals surface area (Å²) < 4.78 is 12.1. The largest absolute Gasteiger partial charge is 0.493 e. The number of nitrogens with zero attached hydrogens (tertiary/aromatic N) is 3. The third kappa shape index (κ3) is 6.57. The second-order valence-electron chi connectivity index (χ2n) is 5.04. The zero-order valence-corrected chi connectivity index (χ0v) is 17.0. The fourth-order valence-corrected chi connectivity index (χ4v) is 2.88. The van der Waals surface area contributed by atoms with E-state index >= 15 is 0 Å². The maximum absolute atomic E-state index is 10.2. The van der Waals surface area contributed by atoms with Crippen LogP contribution in [0.1, 0.15) is 11.1 Å². The van der Waals surface area contributed by atoms with Crippen molar-refractivity contribution in [1.82, 2.24) is 5.43 Å². The number of benzene rings is 2. The number of nitro groups is 1. The Bertz CT molecular complexity index is 874. The van der Waals surface area contributed by atoms with E-state index in [2.05, 4.69) is 38.2 Å². The lowest BCUT2D eigenvalue weighted by molar-refractivity contribution is -0.485. The van der Waals surface area contributed by atoms with E-state index in [0.29, 0.717) is 28.7 Å². The molecule has 0 unspecified atom stereocenters. The number of methoxy groups -OCH3 is 1. The molecular formula is C16H15ClIN5O4. The third-order valence-corrected chi connectivity index (χ3v) is 4.18. The van der Waals surface area contributed by atoms with Crippen LogP contribution in [0.5, 0.6) is 11.5 Å². The summed E-state index contributed by atoms with van der Waals surface area (Å²) in [6.07, 6.45) is 1.43. The summed E-state index contributed by atoms with van der Waals surface area (Å²) in [7, 11) is 1.53. The molecule has 2 aromatic carbocycles.